The van der Waals surface area contributed by atoms with Crippen LogP contribution in [0.5, 0.6) is 0 Å². The van der Waals surface area contributed by atoms with Crippen molar-refractivity contribution in [2.24, 2.45) is 0 Å². The molecule has 8 heteroatoms. The summed E-state index contributed by atoms with van der Waals surface area (Å²) in [6.07, 6.45) is 0. The van der Waals surface area contributed by atoms with Gasteiger partial charge in [-0.3, -0.25) is 19.5 Å². The number of fused-ring (bicyclic) bond motifs is 2. The quantitative estimate of drug-likeness (QED) is 0.478. The van der Waals surface area contributed by atoms with Gasteiger partial charge in [-0.1, -0.05) is 40.9 Å². The maximum Gasteiger partial charge on any atom is 0.287 e. The zero-order valence-electron chi connectivity index (χ0n) is 14.3. The molecule has 2 aromatic carbocycles. The molecule has 0 aliphatic rings. The number of aromatic nitrogens is 3. The van der Waals surface area contributed by atoms with Crippen LogP contribution in [-0.2, 0) is 0 Å². The summed E-state index contributed by atoms with van der Waals surface area (Å²) < 4.78 is 1.09. The number of hydrogen-bond donors (Lipinski definition) is 2. The average molecular weight is 402 g/mol. The van der Waals surface area contributed by atoms with Crippen LogP contribution in [0.4, 0.5) is 0 Å². The normalized spacial score (nSPS) is 11.4. The van der Waals surface area contributed by atoms with Gasteiger partial charge < -0.3 is 4.98 Å². The van der Waals surface area contributed by atoms with Crippen LogP contribution in [0, 0.1) is 13.8 Å². The molecule has 2 N–H and O–H groups in total. The Balaban J connectivity index is 2.21. The predicted octanol–water partition coefficient (Wildman–Crippen LogP) is 3.44. The standard InChI is InChI=1S/C19H13Cl2N3O3/c1-8-3-4-13(9(2)5-8)24-19(27)15-16(18(26)23-24)22-12-7-10(20)6-11(21)14(12)17(15)25/h3-7H,1-2H3,(H,22,25)(H,23,26). The van der Waals surface area contributed by atoms with Crippen LogP contribution in [0.15, 0.2) is 44.7 Å². The second-order valence-electron chi connectivity index (χ2n) is 6.39. The third-order valence-electron chi connectivity index (χ3n) is 4.47. The van der Waals surface area contributed by atoms with Crippen molar-refractivity contribution in [2.75, 3.05) is 0 Å². The van der Waals surface area contributed by atoms with E-state index in [0.717, 1.165) is 15.8 Å². The molecule has 0 spiro atoms. The average Bonchev–Trinajstić information content (AvgIpc) is 2.57. The highest BCUT2D eigenvalue weighted by molar-refractivity contribution is 6.38. The summed E-state index contributed by atoms with van der Waals surface area (Å²) in [5.41, 5.74) is 0.622. The van der Waals surface area contributed by atoms with Gasteiger partial charge in [-0.25, -0.2) is 4.68 Å². The Labute approximate surface area is 162 Å². The van der Waals surface area contributed by atoms with Crippen LogP contribution in [-0.4, -0.2) is 14.8 Å². The molecule has 0 fully saturated rings. The van der Waals surface area contributed by atoms with E-state index in [1.807, 2.05) is 26.0 Å². The first-order chi connectivity index (χ1) is 12.8. The largest absolute Gasteiger partial charge is 0.350 e. The van der Waals surface area contributed by atoms with E-state index in [1.54, 1.807) is 6.07 Å². The molecule has 27 heavy (non-hydrogen) atoms. The van der Waals surface area contributed by atoms with E-state index in [9.17, 15) is 14.4 Å². The lowest BCUT2D eigenvalue weighted by molar-refractivity contribution is 0.793. The molecule has 0 amide bonds. The van der Waals surface area contributed by atoms with E-state index in [1.165, 1.54) is 12.1 Å². The van der Waals surface area contributed by atoms with E-state index < -0.39 is 16.5 Å². The van der Waals surface area contributed by atoms with Crippen LogP contribution in [0.3, 0.4) is 0 Å². The fraction of sp³-hybridized carbons (Fsp3) is 0.105. The molecule has 0 saturated carbocycles. The third-order valence-corrected chi connectivity index (χ3v) is 4.99. The smallest absolute Gasteiger partial charge is 0.287 e. The van der Waals surface area contributed by atoms with Crippen molar-refractivity contribution in [3.63, 3.8) is 0 Å². The van der Waals surface area contributed by atoms with Gasteiger partial charge in [0.25, 0.3) is 11.1 Å². The van der Waals surface area contributed by atoms with Crippen LogP contribution < -0.4 is 16.5 Å². The summed E-state index contributed by atoms with van der Waals surface area (Å²) in [6.45, 7) is 3.74. The minimum atomic E-state index is -0.634. The summed E-state index contributed by atoms with van der Waals surface area (Å²) >= 11 is 12.1. The number of pyridine rings is 1. The topological polar surface area (TPSA) is 87.7 Å². The van der Waals surface area contributed by atoms with Crippen molar-refractivity contribution >= 4 is 45.0 Å². The highest BCUT2D eigenvalue weighted by Crippen LogP contribution is 2.25. The van der Waals surface area contributed by atoms with Crippen LogP contribution in [0.2, 0.25) is 10.0 Å². The summed E-state index contributed by atoms with van der Waals surface area (Å²) in [4.78, 5) is 41.5. The fourth-order valence-electron chi connectivity index (χ4n) is 3.26. The van der Waals surface area contributed by atoms with Gasteiger partial charge in [-0.15, -0.1) is 0 Å². The molecular formula is C19H13Cl2N3O3. The van der Waals surface area contributed by atoms with Gasteiger partial charge >= 0.3 is 0 Å². The molecule has 0 bridgehead atoms. The Kier molecular flexibility index (Phi) is 3.98. The first-order valence-corrected chi connectivity index (χ1v) is 8.81. The summed E-state index contributed by atoms with van der Waals surface area (Å²) in [7, 11) is 0. The van der Waals surface area contributed by atoms with Crippen molar-refractivity contribution in [2.45, 2.75) is 13.8 Å². The van der Waals surface area contributed by atoms with Gasteiger partial charge in [0, 0.05) is 5.02 Å². The molecule has 0 saturated heterocycles. The van der Waals surface area contributed by atoms with Gasteiger partial charge in [0.1, 0.15) is 10.9 Å². The number of rotatable bonds is 1. The first kappa shape index (κ1) is 17.6. The highest BCUT2D eigenvalue weighted by atomic mass is 35.5. The Bertz CT molecular complexity index is 1430. The van der Waals surface area contributed by atoms with Crippen LogP contribution >= 0.6 is 23.2 Å². The SMILES string of the molecule is Cc1ccc(-n2[nH]c(=O)c3[nH]c4cc(Cl)cc(Cl)c4c(=O)c3c2=O)c(C)c1. The monoisotopic (exact) mass is 401 g/mol. The molecule has 6 nitrogen and oxygen atoms in total. The second-order valence-corrected chi connectivity index (χ2v) is 7.23. The Hall–Kier alpha value is -2.83. The Morgan fingerprint density at radius 3 is 2.41 bits per heavy atom. The summed E-state index contributed by atoms with van der Waals surface area (Å²) in [6, 6.07) is 8.32. The molecule has 0 atom stereocenters. The zero-order valence-corrected chi connectivity index (χ0v) is 15.8. The van der Waals surface area contributed by atoms with Crippen molar-refractivity contribution < 1.29 is 0 Å². The summed E-state index contributed by atoms with van der Waals surface area (Å²) in [5, 5.41) is 2.81. The predicted molar refractivity (Wildman–Crippen MR) is 108 cm³/mol. The van der Waals surface area contributed by atoms with Crippen molar-refractivity contribution in [1.29, 1.82) is 0 Å². The van der Waals surface area contributed by atoms with Crippen molar-refractivity contribution in [3.8, 4) is 5.69 Å². The zero-order chi connectivity index (χ0) is 19.5. The van der Waals surface area contributed by atoms with E-state index in [-0.39, 0.29) is 21.3 Å². The van der Waals surface area contributed by atoms with E-state index in [0.29, 0.717) is 16.2 Å². The lowest BCUT2D eigenvalue weighted by Crippen LogP contribution is -2.33. The lowest BCUT2D eigenvalue weighted by Gasteiger charge is -2.11. The Morgan fingerprint density at radius 1 is 0.963 bits per heavy atom. The molecular weight excluding hydrogens is 389 g/mol. The number of nitrogens with one attached hydrogen (secondary N) is 2. The molecule has 2 heterocycles. The van der Waals surface area contributed by atoms with Crippen molar-refractivity contribution in [3.05, 3.63) is 82.4 Å². The molecule has 0 radical (unpaired) electrons. The van der Waals surface area contributed by atoms with Gasteiger partial charge in [-0.05, 0) is 37.6 Å². The van der Waals surface area contributed by atoms with Gasteiger partial charge in [0.15, 0.2) is 0 Å². The number of benzene rings is 2. The minimum absolute atomic E-state index is 0.110. The minimum Gasteiger partial charge on any atom is -0.350 e. The Morgan fingerprint density at radius 2 is 1.70 bits per heavy atom. The molecule has 4 aromatic rings. The third kappa shape index (κ3) is 2.69. The fourth-order valence-corrected chi connectivity index (χ4v) is 3.84. The number of nitrogens with zero attached hydrogens (tertiary/aromatic N) is 1. The van der Waals surface area contributed by atoms with Gasteiger partial charge in [-0.2, -0.15) is 0 Å². The number of halogens is 2. The number of aromatic amines is 2. The number of aryl methyl sites for hydroxylation is 2. The van der Waals surface area contributed by atoms with E-state index in [4.69, 9.17) is 23.2 Å². The molecule has 136 valence electrons. The number of hydrogen-bond acceptors (Lipinski definition) is 3. The van der Waals surface area contributed by atoms with Crippen LogP contribution in [0.1, 0.15) is 11.1 Å². The van der Waals surface area contributed by atoms with Crippen LogP contribution in [0.25, 0.3) is 27.5 Å². The first-order valence-electron chi connectivity index (χ1n) is 8.05. The second kappa shape index (κ2) is 6.11. The lowest BCUT2D eigenvalue weighted by atomic mass is 10.1. The molecule has 2 aromatic heterocycles. The summed E-state index contributed by atoms with van der Waals surface area (Å²) in [5.74, 6) is 0. The number of H-pyrrole nitrogens is 2. The molecule has 0 aliphatic carbocycles. The highest BCUT2D eigenvalue weighted by Gasteiger charge is 2.18. The van der Waals surface area contributed by atoms with Gasteiger partial charge in [0.2, 0.25) is 5.43 Å². The maximum absolute atomic E-state index is 13.1. The van der Waals surface area contributed by atoms with Gasteiger partial charge in [0.05, 0.1) is 21.6 Å². The maximum atomic E-state index is 13.1. The van der Waals surface area contributed by atoms with E-state index in [2.05, 4.69) is 10.1 Å². The van der Waals surface area contributed by atoms with Crippen molar-refractivity contribution in [1.82, 2.24) is 14.8 Å². The van der Waals surface area contributed by atoms with E-state index >= 15 is 0 Å². The molecule has 0 aliphatic heterocycles. The molecule has 0 unspecified atom stereocenters. The molecule has 4 rings (SSSR count).